The topological polar surface area (TPSA) is 80.1 Å². The van der Waals surface area contributed by atoms with Gasteiger partial charge in [-0.15, -0.1) is 0 Å². The lowest BCUT2D eigenvalue weighted by Crippen LogP contribution is -3.14. The highest BCUT2D eigenvalue weighted by Crippen LogP contribution is 2.15. The van der Waals surface area contributed by atoms with Crippen molar-refractivity contribution in [3.05, 3.63) is 0 Å². The van der Waals surface area contributed by atoms with E-state index in [0.29, 0.717) is 12.5 Å². The van der Waals surface area contributed by atoms with E-state index < -0.39 is 12.0 Å². The highest BCUT2D eigenvalue weighted by atomic mass is 16.5. The van der Waals surface area contributed by atoms with E-state index in [4.69, 9.17) is 0 Å². The molecule has 7 nitrogen and oxygen atoms in total. The summed E-state index contributed by atoms with van der Waals surface area (Å²) >= 11 is 0. The van der Waals surface area contributed by atoms with Gasteiger partial charge < -0.3 is 14.5 Å². The minimum absolute atomic E-state index is 0.0766. The van der Waals surface area contributed by atoms with Crippen LogP contribution in [-0.4, -0.2) is 62.1 Å². The first-order valence-corrected chi connectivity index (χ1v) is 8.04. The second-order valence-electron chi connectivity index (χ2n) is 5.79. The number of carbonyl (C=O) groups excluding carboxylic acids is 3. The predicted octanol–water partition coefficient (Wildman–Crippen LogP) is -0.578. The van der Waals surface area contributed by atoms with Crippen molar-refractivity contribution < 1.29 is 24.0 Å². The molecule has 1 aliphatic heterocycles. The van der Waals surface area contributed by atoms with E-state index >= 15 is 0 Å². The number of carbonyl (C=O) groups is 3. The molecular formula is C15H28N3O4+. The molecular weight excluding hydrogens is 286 g/mol. The van der Waals surface area contributed by atoms with E-state index in [9.17, 15) is 14.4 Å². The smallest absolute Gasteiger partial charge is 0.414 e. The fourth-order valence-electron chi connectivity index (χ4n) is 2.45. The van der Waals surface area contributed by atoms with Gasteiger partial charge in [0.25, 0.3) is 11.8 Å². The number of alkyl carbamates (subject to hydrolysis) is 1. The molecule has 1 heterocycles. The maximum absolute atomic E-state index is 12.3. The average Bonchev–Trinajstić information content (AvgIpc) is 2.47. The van der Waals surface area contributed by atoms with Crippen LogP contribution in [0.4, 0.5) is 4.79 Å². The molecule has 1 saturated heterocycles. The molecule has 1 aliphatic rings. The van der Waals surface area contributed by atoms with Crippen LogP contribution < -0.4 is 10.2 Å². The third-order valence-electron chi connectivity index (χ3n) is 3.97. The predicted molar refractivity (Wildman–Crippen MR) is 81.4 cm³/mol. The van der Waals surface area contributed by atoms with Crippen LogP contribution >= 0.6 is 0 Å². The molecule has 0 radical (unpaired) electrons. The molecule has 1 rings (SSSR count). The Labute approximate surface area is 132 Å². The van der Waals surface area contributed by atoms with E-state index in [1.54, 1.807) is 6.92 Å². The highest BCUT2D eigenvalue weighted by molar-refractivity contribution is 5.92. The Morgan fingerprint density at radius 1 is 1.18 bits per heavy atom. The lowest BCUT2D eigenvalue weighted by molar-refractivity contribution is -0.882. The van der Waals surface area contributed by atoms with Crippen LogP contribution in [0.1, 0.15) is 33.6 Å². The van der Waals surface area contributed by atoms with Crippen molar-refractivity contribution in [2.24, 2.45) is 5.92 Å². The molecule has 0 aromatic carbocycles. The summed E-state index contributed by atoms with van der Waals surface area (Å²) in [4.78, 5) is 37.9. The van der Waals surface area contributed by atoms with Gasteiger partial charge in [-0.1, -0.05) is 6.92 Å². The van der Waals surface area contributed by atoms with Crippen LogP contribution in [0.3, 0.4) is 0 Å². The zero-order valence-corrected chi connectivity index (χ0v) is 13.8. The third-order valence-corrected chi connectivity index (χ3v) is 3.97. The molecule has 22 heavy (non-hydrogen) atoms. The largest absolute Gasteiger partial charge is 0.450 e. The number of ether oxygens (including phenoxy) is 1. The van der Waals surface area contributed by atoms with Crippen LogP contribution in [0, 0.1) is 5.92 Å². The summed E-state index contributed by atoms with van der Waals surface area (Å²) in [5.74, 6) is 0.331. The van der Waals surface area contributed by atoms with Gasteiger partial charge in [0, 0.05) is 13.1 Å². The van der Waals surface area contributed by atoms with Crippen LogP contribution in [0.25, 0.3) is 0 Å². The Bertz CT molecular complexity index is 392. The number of quaternary nitrogens is 1. The zero-order valence-electron chi connectivity index (χ0n) is 13.8. The number of piperidine rings is 1. The first-order valence-electron chi connectivity index (χ1n) is 8.04. The monoisotopic (exact) mass is 314 g/mol. The van der Waals surface area contributed by atoms with Gasteiger partial charge in [-0.3, -0.25) is 14.9 Å². The Kier molecular flexibility index (Phi) is 7.87. The van der Waals surface area contributed by atoms with Gasteiger partial charge in [0.2, 0.25) is 0 Å². The first-order chi connectivity index (χ1) is 10.5. The minimum Gasteiger partial charge on any atom is -0.450 e. The van der Waals surface area contributed by atoms with Gasteiger partial charge >= 0.3 is 6.09 Å². The Hall–Kier alpha value is -1.63. The number of nitrogens with zero attached hydrogens (tertiary/aromatic N) is 1. The fourth-order valence-corrected chi connectivity index (χ4v) is 2.45. The van der Waals surface area contributed by atoms with E-state index in [1.807, 2.05) is 11.8 Å². The molecule has 0 bridgehead atoms. The summed E-state index contributed by atoms with van der Waals surface area (Å²) in [5, 5.41) is 2.16. The lowest BCUT2D eigenvalue weighted by atomic mass is 9.99. The van der Waals surface area contributed by atoms with E-state index in [2.05, 4.69) is 17.0 Å². The van der Waals surface area contributed by atoms with Crippen molar-refractivity contribution >= 4 is 17.9 Å². The van der Waals surface area contributed by atoms with E-state index in [0.717, 1.165) is 30.8 Å². The molecule has 7 heteroatoms. The molecule has 0 aliphatic carbocycles. The first kappa shape index (κ1) is 18.4. The second kappa shape index (κ2) is 9.40. The minimum atomic E-state index is -0.737. The van der Waals surface area contributed by atoms with Gasteiger partial charge in [0.15, 0.2) is 13.1 Å². The van der Waals surface area contributed by atoms with Crippen molar-refractivity contribution in [1.29, 1.82) is 0 Å². The Morgan fingerprint density at radius 3 is 2.36 bits per heavy atom. The van der Waals surface area contributed by atoms with Crippen molar-refractivity contribution in [2.45, 2.75) is 33.6 Å². The molecule has 0 aromatic heterocycles. The molecule has 126 valence electrons. The molecule has 0 aromatic rings. The molecule has 3 amide bonds. The quantitative estimate of drug-likeness (QED) is 0.688. The maximum atomic E-state index is 12.3. The van der Waals surface area contributed by atoms with Gasteiger partial charge in [-0.25, -0.2) is 4.79 Å². The number of nitrogens with one attached hydrogen (secondary N) is 2. The summed E-state index contributed by atoms with van der Waals surface area (Å²) in [7, 11) is 0. The standard InChI is InChI=1S/C15H27N3O4/c1-4-17(10-13(19)16-15(21)22-5-2)11-14(20)18-8-6-12(3)7-9-18/h12H,4-11H2,1-3H3,(H,16,19,21)/p+1. The zero-order chi connectivity index (χ0) is 16.5. The summed E-state index contributed by atoms with van der Waals surface area (Å²) < 4.78 is 4.66. The summed E-state index contributed by atoms with van der Waals surface area (Å²) in [6.07, 6.45) is 1.34. The second-order valence-corrected chi connectivity index (χ2v) is 5.79. The van der Waals surface area contributed by atoms with Gasteiger partial charge in [0.1, 0.15) is 0 Å². The molecule has 0 saturated carbocycles. The number of imide groups is 1. The van der Waals surface area contributed by atoms with Crippen LogP contribution in [-0.2, 0) is 14.3 Å². The van der Waals surface area contributed by atoms with Gasteiger partial charge in [-0.05, 0) is 32.6 Å². The summed E-state index contributed by atoms with van der Waals surface area (Å²) in [6.45, 7) is 8.61. The number of likely N-dealkylation sites (tertiary alicyclic amines) is 1. The molecule has 1 fully saturated rings. The highest BCUT2D eigenvalue weighted by Gasteiger charge is 2.24. The third kappa shape index (κ3) is 6.43. The van der Waals surface area contributed by atoms with Crippen molar-refractivity contribution in [3.63, 3.8) is 0 Å². The fraction of sp³-hybridized carbons (Fsp3) is 0.800. The lowest BCUT2D eigenvalue weighted by Gasteiger charge is -2.31. The number of hydrogen-bond donors (Lipinski definition) is 2. The van der Waals surface area contributed by atoms with Gasteiger partial charge in [0.05, 0.1) is 13.2 Å². The van der Waals surface area contributed by atoms with Crippen molar-refractivity contribution in [3.8, 4) is 0 Å². The van der Waals surface area contributed by atoms with Crippen LogP contribution in [0.2, 0.25) is 0 Å². The van der Waals surface area contributed by atoms with E-state index in [-0.39, 0.29) is 25.6 Å². The molecule has 1 unspecified atom stereocenters. The number of amides is 3. The molecule has 2 N–H and O–H groups in total. The van der Waals surface area contributed by atoms with E-state index in [1.165, 1.54) is 0 Å². The maximum Gasteiger partial charge on any atom is 0.414 e. The number of rotatable bonds is 6. The van der Waals surface area contributed by atoms with Crippen LogP contribution in [0.15, 0.2) is 0 Å². The normalized spacial score (nSPS) is 17.0. The summed E-state index contributed by atoms with van der Waals surface area (Å²) in [5.41, 5.74) is 0. The summed E-state index contributed by atoms with van der Waals surface area (Å²) in [6, 6.07) is 0. The van der Waals surface area contributed by atoms with Gasteiger partial charge in [-0.2, -0.15) is 0 Å². The average molecular weight is 314 g/mol. The number of hydrogen-bond acceptors (Lipinski definition) is 4. The van der Waals surface area contributed by atoms with Crippen molar-refractivity contribution in [1.82, 2.24) is 10.2 Å². The Balaban J connectivity index is 2.39. The van der Waals surface area contributed by atoms with Crippen molar-refractivity contribution in [2.75, 3.05) is 39.3 Å². The van der Waals surface area contributed by atoms with Crippen LogP contribution in [0.5, 0.6) is 0 Å². The Morgan fingerprint density at radius 2 is 1.82 bits per heavy atom. The molecule has 1 atom stereocenters. The SMILES string of the molecule is CCOC(=O)NC(=O)C[NH+](CC)CC(=O)N1CCC(C)CC1. The number of likely N-dealkylation sites (N-methyl/N-ethyl adjacent to an activating group) is 1. The molecule has 0 spiro atoms.